The molecule has 1 rings (SSSR count). The molecule has 0 bridgehead atoms. The van der Waals surface area contributed by atoms with E-state index in [1.807, 2.05) is 0 Å². The van der Waals surface area contributed by atoms with Crippen LogP contribution in [0.5, 0.6) is 0 Å². The van der Waals surface area contributed by atoms with Crippen molar-refractivity contribution >= 4 is 0 Å². The van der Waals surface area contributed by atoms with Gasteiger partial charge >= 0.3 is 0 Å². The number of aliphatic hydroxyl groups excluding tert-OH is 4. The first kappa shape index (κ1) is 28.7. The smallest absolute Gasteiger partial charge is 0.183 e. The molecule has 15 heavy (non-hydrogen) atoms. The van der Waals surface area contributed by atoms with E-state index in [2.05, 4.69) is 4.74 Å². The van der Waals surface area contributed by atoms with Gasteiger partial charge in [0.1, 0.15) is 18.3 Å². The first-order chi connectivity index (χ1) is 5.04. The Hall–Kier alpha value is 5.57. The summed E-state index contributed by atoms with van der Waals surface area (Å²) in [5, 5.41) is 36.0. The molecule has 5 atom stereocenters. The van der Waals surface area contributed by atoms with Crippen molar-refractivity contribution in [2.24, 2.45) is 0 Å². The summed E-state index contributed by atoms with van der Waals surface area (Å²) in [6.45, 7) is 1.50. The molecule has 0 aromatic heterocycles. The second kappa shape index (κ2) is 14.5. The summed E-state index contributed by atoms with van der Waals surface area (Å²) < 4.78 is 4.68. The predicted octanol–water partition coefficient (Wildman–Crippen LogP) is -2.19. The Labute approximate surface area is 232 Å². The van der Waals surface area contributed by atoms with Crippen LogP contribution in [0.2, 0.25) is 0 Å². The minimum absolute atomic E-state index is 0. The molecule has 1 aliphatic rings. The van der Waals surface area contributed by atoms with Crippen LogP contribution < -0.4 is 0 Å². The third-order valence-corrected chi connectivity index (χ3v) is 1.83. The third kappa shape index (κ3) is 9.24. The van der Waals surface area contributed by atoms with Gasteiger partial charge in [0.05, 0.1) is 6.10 Å². The number of hydrogen-bond donors (Lipinski definition) is 4. The van der Waals surface area contributed by atoms with E-state index in [1.165, 1.54) is 6.92 Å². The second-order valence-corrected chi connectivity index (χ2v) is 2.70. The van der Waals surface area contributed by atoms with Crippen molar-refractivity contribution in [3.63, 3.8) is 0 Å². The molecular weight excluding hydrogens is 1060 g/mol. The summed E-state index contributed by atoms with van der Waals surface area (Å²) >= 11 is 0. The van der Waals surface area contributed by atoms with Crippen molar-refractivity contribution in [3.8, 4) is 0 Å². The quantitative estimate of drug-likeness (QED) is 0.222. The molecule has 5 nitrogen and oxygen atoms in total. The molecule has 1 aliphatic heterocycles. The first-order valence-electron chi connectivity index (χ1n) is 3.41. The van der Waals surface area contributed by atoms with Gasteiger partial charge in [-0.2, -0.15) is 0 Å². The zero-order valence-corrected chi connectivity index (χ0v) is 27.4. The zero-order valence-electron chi connectivity index (χ0n) is 8.39. The molecule has 1 fully saturated rings. The van der Waals surface area contributed by atoms with Crippen LogP contribution in [0.1, 0.15) is 6.92 Å². The Balaban J connectivity index is -0.000000151. The average Bonchev–Trinajstić information content (AvgIpc) is 1.97. The summed E-state index contributed by atoms with van der Waals surface area (Å²) in [6, 6.07) is 0. The van der Waals surface area contributed by atoms with E-state index in [0.717, 1.165) is 0 Å². The number of aliphatic hydroxyl groups is 4. The SMILES string of the molecule is CC1OC(O)C(O)C(O)[C@H]1O.[Ac].[Ac].[Ac].[Ac]. The van der Waals surface area contributed by atoms with Crippen molar-refractivity contribution < 1.29 is 201 Å². The maximum atomic E-state index is 9.09. The summed E-state index contributed by atoms with van der Waals surface area (Å²) in [4.78, 5) is 0. The van der Waals surface area contributed by atoms with Gasteiger partial charge in [-0.1, -0.05) is 0 Å². The van der Waals surface area contributed by atoms with Crippen molar-refractivity contribution in [2.75, 3.05) is 0 Å². The monoisotopic (exact) mass is 1070 g/mol. The molecule has 4 unspecified atom stereocenters. The van der Waals surface area contributed by atoms with Gasteiger partial charge in [-0.3, -0.25) is 0 Å². The fourth-order valence-corrected chi connectivity index (χ4v) is 1.03. The molecule has 0 aromatic carbocycles. The Morgan fingerprint density at radius 3 is 1.53 bits per heavy atom. The van der Waals surface area contributed by atoms with E-state index in [0.29, 0.717) is 0 Å². The van der Waals surface area contributed by atoms with Crippen molar-refractivity contribution in [2.45, 2.75) is 37.6 Å². The van der Waals surface area contributed by atoms with Gasteiger partial charge in [0, 0.05) is 176 Å². The normalized spacial score (nSPS) is 38.6. The van der Waals surface area contributed by atoms with Crippen LogP contribution in [0.3, 0.4) is 0 Å². The van der Waals surface area contributed by atoms with Gasteiger partial charge in [0.15, 0.2) is 6.29 Å². The van der Waals surface area contributed by atoms with Crippen LogP contribution in [0.15, 0.2) is 0 Å². The number of hydrogen-bond acceptors (Lipinski definition) is 5. The van der Waals surface area contributed by atoms with Gasteiger partial charge in [-0.15, -0.1) is 0 Å². The third-order valence-electron chi connectivity index (χ3n) is 1.83. The van der Waals surface area contributed by atoms with Gasteiger partial charge in [-0.25, -0.2) is 0 Å². The minimum atomic E-state index is -1.43. The van der Waals surface area contributed by atoms with Gasteiger partial charge in [-0.05, 0) is 6.92 Å². The minimum Gasteiger partial charge on any atom is -0.388 e. The maximum absolute atomic E-state index is 9.09. The summed E-state index contributed by atoms with van der Waals surface area (Å²) in [6.07, 6.45) is -5.99. The molecule has 1 saturated heterocycles. The first-order valence-corrected chi connectivity index (χ1v) is 3.41. The molecule has 78 valence electrons. The van der Waals surface area contributed by atoms with E-state index in [9.17, 15) is 0 Å². The molecule has 0 spiro atoms. The molecule has 4 N–H and O–H groups in total. The topological polar surface area (TPSA) is 90.2 Å². The van der Waals surface area contributed by atoms with E-state index in [4.69, 9.17) is 20.4 Å². The fourth-order valence-electron chi connectivity index (χ4n) is 1.03. The zero-order chi connectivity index (χ0) is 8.59. The van der Waals surface area contributed by atoms with Crippen molar-refractivity contribution in [1.82, 2.24) is 0 Å². The van der Waals surface area contributed by atoms with E-state index in [1.54, 1.807) is 0 Å². The molecule has 9 heteroatoms. The fraction of sp³-hybridized carbons (Fsp3) is 1.00. The number of ether oxygens (including phenoxy) is 1. The van der Waals surface area contributed by atoms with Crippen LogP contribution in [0, 0.1) is 176 Å². The number of rotatable bonds is 0. The van der Waals surface area contributed by atoms with Crippen LogP contribution in [0.4, 0.5) is 0 Å². The van der Waals surface area contributed by atoms with Gasteiger partial charge in [0.25, 0.3) is 0 Å². The molecule has 0 aromatic rings. The summed E-state index contributed by atoms with van der Waals surface area (Å²) in [5.41, 5.74) is 0. The van der Waals surface area contributed by atoms with E-state index in [-0.39, 0.29) is 176 Å². The molecule has 0 amide bonds. The molecule has 4 radical (unpaired) electrons. The van der Waals surface area contributed by atoms with E-state index >= 15 is 0 Å². The van der Waals surface area contributed by atoms with Crippen LogP contribution >= 0.6 is 0 Å². The predicted molar refractivity (Wildman–Crippen MR) is 34.6 cm³/mol. The molecule has 0 aliphatic carbocycles. The Bertz CT molecular complexity index is 137. The second-order valence-electron chi connectivity index (χ2n) is 2.70. The van der Waals surface area contributed by atoms with Crippen LogP contribution in [-0.4, -0.2) is 51.1 Å². The van der Waals surface area contributed by atoms with Crippen molar-refractivity contribution in [3.05, 3.63) is 0 Å². The Morgan fingerprint density at radius 1 is 0.733 bits per heavy atom. The van der Waals surface area contributed by atoms with Gasteiger partial charge < -0.3 is 25.2 Å². The Kier molecular flexibility index (Phi) is 27.7. The maximum Gasteiger partial charge on any atom is 0.183 e. The molecule has 0 saturated carbocycles. The molecule has 1 heterocycles. The van der Waals surface area contributed by atoms with E-state index < -0.39 is 30.7 Å². The summed E-state index contributed by atoms with van der Waals surface area (Å²) in [5.74, 6) is 0. The summed E-state index contributed by atoms with van der Waals surface area (Å²) in [7, 11) is 0. The van der Waals surface area contributed by atoms with Crippen molar-refractivity contribution in [1.29, 1.82) is 0 Å². The largest absolute Gasteiger partial charge is 0.388 e. The average molecular weight is 1070 g/mol. The Morgan fingerprint density at radius 2 is 1.13 bits per heavy atom. The molecular formula is C6H12Ac4O5. The van der Waals surface area contributed by atoms with Crippen LogP contribution in [0.25, 0.3) is 0 Å². The van der Waals surface area contributed by atoms with Crippen LogP contribution in [-0.2, 0) is 4.74 Å². The van der Waals surface area contributed by atoms with Gasteiger partial charge in [0.2, 0.25) is 0 Å². The standard InChI is InChI=1S/C6H12O5.4Ac/c1-2-3(7)4(8)5(9)6(10)11-2;;;;/h2-10H,1H3;;;;/t2?,3-,4?,5?,6?;;;;/m0..../s1.